The first-order valence-electron chi connectivity index (χ1n) is 9.19. The van der Waals surface area contributed by atoms with Gasteiger partial charge < -0.3 is 4.43 Å². The predicted molar refractivity (Wildman–Crippen MR) is 113 cm³/mol. The second-order valence-corrected chi connectivity index (χ2v) is 13.0. The van der Waals surface area contributed by atoms with Crippen LogP contribution in [0.3, 0.4) is 0 Å². The number of hydrogen-bond donors (Lipinski definition) is 0. The van der Waals surface area contributed by atoms with Crippen molar-refractivity contribution in [3.63, 3.8) is 0 Å². The summed E-state index contributed by atoms with van der Waals surface area (Å²) in [4.78, 5) is 14.8. The lowest BCUT2D eigenvalue weighted by Gasteiger charge is -2.36. The zero-order valence-electron chi connectivity index (χ0n) is 15.7. The van der Waals surface area contributed by atoms with E-state index in [4.69, 9.17) is 16.6 Å². The maximum Gasteiger partial charge on any atom is 0.233 e. The van der Waals surface area contributed by atoms with E-state index in [0.717, 1.165) is 29.4 Å². The first-order chi connectivity index (χ1) is 12.0. The Morgan fingerprint density at radius 1 is 1.24 bits per heavy atom. The van der Waals surface area contributed by atoms with Gasteiger partial charge in [-0.3, -0.25) is 9.69 Å². The van der Waals surface area contributed by atoms with Crippen molar-refractivity contribution >= 4 is 42.5 Å². The Bertz CT molecular complexity index is 584. The van der Waals surface area contributed by atoms with E-state index in [2.05, 4.69) is 32.9 Å². The molecule has 0 N–H and O–H groups in total. The van der Waals surface area contributed by atoms with Crippen LogP contribution in [0, 0.1) is 5.92 Å². The molecule has 0 radical (unpaired) electrons. The zero-order valence-corrected chi connectivity index (χ0v) is 18.3. The number of hydrogen-bond acceptors (Lipinski definition) is 4. The van der Waals surface area contributed by atoms with Crippen LogP contribution >= 0.6 is 24.0 Å². The summed E-state index contributed by atoms with van der Waals surface area (Å²) in [7, 11) is -1.84. The smallest absolute Gasteiger partial charge is 0.233 e. The summed E-state index contributed by atoms with van der Waals surface area (Å²) < 4.78 is 7.49. The van der Waals surface area contributed by atoms with Crippen LogP contribution < -0.4 is 0 Å². The quantitative estimate of drug-likeness (QED) is 0.444. The summed E-state index contributed by atoms with van der Waals surface area (Å²) in [5, 5.41) is 0. The fraction of sp³-hybridized carbons (Fsp3) is 0.579. The second kappa shape index (κ2) is 9.30. The van der Waals surface area contributed by atoms with Gasteiger partial charge in [-0.05, 0) is 23.7 Å². The van der Waals surface area contributed by atoms with Gasteiger partial charge in [0.25, 0.3) is 0 Å². The van der Waals surface area contributed by atoms with Gasteiger partial charge in [0.15, 0.2) is 8.32 Å². The van der Waals surface area contributed by atoms with Gasteiger partial charge in [0.05, 0.1) is 12.0 Å². The Morgan fingerprint density at radius 2 is 1.84 bits per heavy atom. The molecule has 1 aromatic rings. The Hall–Kier alpha value is -0.693. The summed E-state index contributed by atoms with van der Waals surface area (Å²) in [5.41, 5.74) is 1.09. The maximum absolute atomic E-state index is 13.1. The molecular weight excluding hydrogens is 366 g/mol. The first-order valence-corrected chi connectivity index (χ1v) is 13.1. The molecule has 1 aliphatic rings. The van der Waals surface area contributed by atoms with Gasteiger partial charge in [0.1, 0.15) is 4.32 Å². The molecule has 2 rings (SSSR count). The number of amides is 1. The Balaban J connectivity index is 2.31. The SMILES string of the molecule is CC[Si](CC)(CC)O[C@@H](c1ccccc1)[C@@H](C)C(=O)N1CCSC1=S. The van der Waals surface area contributed by atoms with Crippen LogP contribution in [0.1, 0.15) is 39.4 Å². The summed E-state index contributed by atoms with van der Waals surface area (Å²) in [6, 6.07) is 13.4. The van der Waals surface area contributed by atoms with Gasteiger partial charge in [0.2, 0.25) is 5.91 Å². The van der Waals surface area contributed by atoms with Crippen LogP contribution in [0.2, 0.25) is 18.1 Å². The molecule has 1 saturated heterocycles. The minimum Gasteiger partial charge on any atom is -0.409 e. The van der Waals surface area contributed by atoms with Crippen LogP contribution in [-0.4, -0.2) is 35.7 Å². The van der Waals surface area contributed by atoms with Crippen LogP contribution in [0.15, 0.2) is 30.3 Å². The van der Waals surface area contributed by atoms with Crippen molar-refractivity contribution in [3.8, 4) is 0 Å². The minimum absolute atomic E-state index is 0.0927. The third-order valence-corrected chi connectivity index (χ3v) is 11.4. The number of carbonyl (C=O) groups excluding carboxylic acids is 1. The van der Waals surface area contributed by atoms with Crippen molar-refractivity contribution in [2.45, 2.75) is 51.9 Å². The second-order valence-electron chi connectivity index (χ2n) is 6.59. The average molecular weight is 396 g/mol. The average Bonchev–Trinajstić information content (AvgIpc) is 3.09. The number of benzene rings is 1. The highest BCUT2D eigenvalue weighted by Gasteiger charge is 2.39. The molecule has 1 heterocycles. The Morgan fingerprint density at radius 3 is 2.32 bits per heavy atom. The highest BCUT2D eigenvalue weighted by molar-refractivity contribution is 8.23. The minimum atomic E-state index is -1.84. The monoisotopic (exact) mass is 395 g/mol. The topological polar surface area (TPSA) is 29.5 Å². The van der Waals surface area contributed by atoms with Gasteiger partial charge in [0, 0.05) is 12.3 Å². The number of thioether (sulfide) groups is 1. The first kappa shape index (κ1) is 20.6. The summed E-state index contributed by atoms with van der Waals surface area (Å²) in [6.07, 6.45) is -0.200. The van der Waals surface area contributed by atoms with Crippen LogP contribution in [0.4, 0.5) is 0 Å². The van der Waals surface area contributed by atoms with E-state index in [1.165, 1.54) is 0 Å². The molecule has 0 aromatic heterocycles. The lowest BCUT2D eigenvalue weighted by molar-refractivity contribution is -0.133. The van der Waals surface area contributed by atoms with Crippen LogP contribution in [0.5, 0.6) is 0 Å². The van der Waals surface area contributed by atoms with Crippen molar-refractivity contribution in [3.05, 3.63) is 35.9 Å². The van der Waals surface area contributed by atoms with Crippen molar-refractivity contribution in [1.29, 1.82) is 0 Å². The van der Waals surface area contributed by atoms with Crippen molar-refractivity contribution in [1.82, 2.24) is 4.90 Å². The molecule has 138 valence electrons. The Kier molecular flexibility index (Phi) is 7.67. The molecule has 2 atom stereocenters. The van der Waals surface area contributed by atoms with Gasteiger partial charge in [-0.1, -0.05) is 82.0 Å². The molecule has 0 aliphatic carbocycles. The predicted octanol–water partition coefficient (Wildman–Crippen LogP) is 5.25. The molecule has 0 unspecified atom stereocenters. The van der Waals surface area contributed by atoms with E-state index >= 15 is 0 Å². The highest BCUT2D eigenvalue weighted by atomic mass is 32.2. The van der Waals surface area contributed by atoms with E-state index in [1.807, 2.05) is 25.1 Å². The molecule has 0 spiro atoms. The Labute approximate surface area is 162 Å². The summed E-state index contributed by atoms with van der Waals surface area (Å²) in [6.45, 7) is 9.37. The number of carbonyl (C=O) groups is 1. The van der Waals surface area contributed by atoms with Gasteiger partial charge in [-0.2, -0.15) is 0 Å². The lowest BCUT2D eigenvalue weighted by Crippen LogP contribution is -2.43. The molecule has 1 aliphatic heterocycles. The third-order valence-electron chi connectivity index (χ3n) is 5.31. The van der Waals surface area contributed by atoms with Crippen molar-refractivity contribution in [2.75, 3.05) is 12.3 Å². The number of nitrogens with zero attached hydrogens (tertiary/aromatic N) is 1. The molecule has 0 bridgehead atoms. The molecule has 0 saturated carbocycles. The number of rotatable bonds is 8. The van der Waals surface area contributed by atoms with Gasteiger partial charge in [-0.25, -0.2) is 0 Å². The van der Waals surface area contributed by atoms with Gasteiger partial charge >= 0.3 is 0 Å². The molecule has 1 fully saturated rings. The lowest BCUT2D eigenvalue weighted by atomic mass is 9.96. The highest BCUT2D eigenvalue weighted by Crippen LogP contribution is 2.36. The van der Waals surface area contributed by atoms with Crippen molar-refractivity contribution < 1.29 is 9.22 Å². The number of thiocarbonyl (C=S) groups is 1. The molecule has 6 heteroatoms. The van der Waals surface area contributed by atoms with E-state index < -0.39 is 8.32 Å². The third kappa shape index (κ3) is 4.73. The molecule has 1 aromatic carbocycles. The normalized spacial score (nSPS) is 17.6. The molecule has 1 amide bonds. The fourth-order valence-electron chi connectivity index (χ4n) is 3.34. The summed E-state index contributed by atoms with van der Waals surface area (Å²) in [5.74, 6) is 0.747. The molecule has 3 nitrogen and oxygen atoms in total. The standard InChI is InChI=1S/C19H29NO2S2Si/c1-5-25(6-2,7-3)22-17(16-11-9-8-10-12-16)15(4)18(21)20-13-14-24-19(20)23/h8-12,15,17H,5-7,13-14H2,1-4H3/t15-,17-/m1/s1. The van der Waals surface area contributed by atoms with E-state index in [-0.39, 0.29) is 17.9 Å². The molecule has 25 heavy (non-hydrogen) atoms. The summed E-state index contributed by atoms with van der Waals surface area (Å²) >= 11 is 6.94. The van der Waals surface area contributed by atoms with Crippen molar-refractivity contribution in [2.24, 2.45) is 5.92 Å². The van der Waals surface area contributed by atoms with Gasteiger partial charge in [-0.15, -0.1) is 0 Å². The zero-order chi connectivity index (χ0) is 18.4. The van der Waals surface area contributed by atoms with E-state index in [9.17, 15) is 4.79 Å². The van der Waals surface area contributed by atoms with Crippen LogP contribution in [-0.2, 0) is 9.22 Å². The van der Waals surface area contributed by atoms with Crippen LogP contribution in [0.25, 0.3) is 0 Å². The molecular formula is C19H29NO2S2Si. The van der Waals surface area contributed by atoms with E-state index in [1.54, 1.807) is 16.7 Å². The van der Waals surface area contributed by atoms with E-state index in [0.29, 0.717) is 10.9 Å². The maximum atomic E-state index is 13.1. The largest absolute Gasteiger partial charge is 0.409 e. The fourth-order valence-corrected chi connectivity index (χ4v) is 7.44.